The van der Waals surface area contributed by atoms with Crippen LogP contribution in [0.2, 0.25) is 0 Å². The molecule has 0 aliphatic rings. The zero-order chi connectivity index (χ0) is 23.5. The van der Waals surface area contributed by atoms with Crippen molar-refractivity contribution in [3.05, 3.63) is 65.4 Å². The number of aromatic nitrogens is 3. The zero-order valence-corrected chi connectivity index (χ0v) is 18.0. The van der Waals surface area contributed by atoms with Crippen molar-refractivity contribution in [3.8, 4) is 23.0 Å². The molecule has 0 aliphatic carbocycles. The predicted octanol–water partition coefficient (Wildman–Crippen LogP) is 5.82. The van der Waals surface area contributed by atoms with Gasteiger partial charge in [-0.05, 0) is 42.2 Å². The quantitative estimate of drug-likeness (QED) is 0.461. The second-order valence-electron chi connectivity index (χ2n) is 7.96. The molecular weight excluding hydrogens is 423 g/mol. The molecule has 0 saturated carbocycles. The summed E-state index contributed by atoms with van der Waals surface area (Å²) in [6, 6.07) is 11.7. The van der Waals surface area contributed by atoms with Crippen LogP contribution < -0.4 is 4.74 Å². The topological polar surface area (TPSA) is 74.2 Å². The first-order chi connectivity index (χ1) is 15.0. The first kappa shape index (κ1) is 23.2. The lowest BCUT2D eigenvalue weighted by molar-refractivity contribution is -0.137. The summed E-state index contributed by atoms with van der Waals surface area (Å²) in [6.45, 7) is 7.92. The maximum Gasteiger partial charge on any atom is 0.416 e. The van der Waals surface area contributed by atoms with Crippen molar-refractivity contribution in [2.75, 3.05) is 6.61 Å². The minimum Gasteiger partial charge on any atom is -0.461 e. The highest BCUT2D eigenvalue weighted by atomic mass is 19.4. The van der Waals surface area contributed by atoms with E-state index < -0.39 is 17.7 Å². The molecule has 0 spiro atoms. The summed E-state index contributed by atoms with van der Waals surface area (Å²) in [7, 11) is 0. The molecule has 0 N–H and O–H groups in total. The van der Waals surface area contributed by atoms with Crippen molar-refractivity contribution in [1.82, 2.24) is 15.2 Å². The number of hydrogen-bond acceptors (Lipinski definition) is 6. The number of hydrogen-bond donors (Lipinski definition) is 0. The number of benzene rings is 2. The van der Waals surface area contributed by atoms with Crippen LogP contribution in [-0.4, -0.2) is 27.8 Å². The van der Waals surface area contributed by atoms with Crippen LogP contribution in [0.3, 0.4) is 0 Å². The fourth-order valence-corrected chi connectivity index (χ4v) is 2.80. The van der Waals surface area contributed by atoms with E-state index >= 15 is 0 Å². The Hall–Kier alpha value is -3.49. The molecule has 0 saturated heterocycles. The van der Waals surface area contributed by atoms with Crippen LogP contribution in [-0.2, 0) is 16.3 Å². The Kier molecular flexibility index (Phi) is 6.47. The van der Waals surface area contributed by atoms with Crippen LogP contribution in [0.4, 0.5) is 13.2 Å². The van der Waals surface area contributed by atoms with Gasteiger partial charge in [0.05, 0.1) is 12.2 Å². The van der Waals surface area contributed by atoms with E-state index in [0.717, 1.165) is 17.7 Å². The minimum atomic E-state index is -4.53. The normalized spacial score (nSPS) is 11.8. The summed E-state index contributed by atoms with van der Waals surface area (Å²) in [4.78, 5) is 16.5. The van der Waals surface area contributed by atoms with Gasteiger partial charge in [0, 0.05) is 5.56 Å². The minimum absolute atomic E-state index is 0.0677. The van der Waals surface area contributed by atoms with E-state index in [1.165, 1.54) is 12.1 Å². The molecule has 0 bridgehead atoms. The summed E-state index contributed by atoms with van der Waals surface area (Å²) >= 11 is 0. The van der Waals surface area contributed by atoms with Gasteiger partial charge in [-0.25, -0.2) is 4.79 Å². The summed E-state index contributed by atoms with van der Waals surface area (Å²) < 4.78 is 50.0. The first-order valence-electron chi connectivity index (χ1n) is 9.87. The van der Waals surface area contributed by atoms with Gasteiger partial charge in [-0.2, -0.15) is 18.2 Å². The number of halogens is 3. The van der Waals surface area contributed by atoms with E-state index in [1.807, 2.05) is 12.1 Å². The van der Waals surface area contributed by atoms with Gasteiger partial charge < -0.3 is 9.47 Å². The fraction of sp³-hybridized carbons (Fsp3) is 0.304. The van der Waals surface area contributed by atoms with Gasteiger partial charge >= 0.3 is 12.1 Å². The summed E-state index contributed by atoms with van der Waals surface area (Å²) in [5.74, 6) is -0.761. The van der Waals surface area contributed by atoms with Crippen LogP contribution >= 0.6 is 0 Å². The lowest BCUT2D eigenvalue weighted by Gasteiger charge is -2.19. The van der Waals surface area contributed by atoms with E-state index in [1.54, 1.807) is 19.1 Å². The van der Waals surface area contributed by atoms with E-state index in [9.17, 15) is 18.0 Å². The number of carbonyl (C=O) groups is 1. The van der Waals surface area contributed by atoms with E-state index in [4.69, 9.17) is 9.47 Å². The van der Waals surface area contributed by atoms with Gasteiger partial charge in [0.25, 0.3) is 5.88 Å². The molecule has 0 aliphatic heterocycles. The monoisotopic (exact) mass is 445 g/mol. The van der Waals surface area contributed by atoms with Gasteiger partial charge in [0.1, 0.15) is 5.75 Å². The Bertz CT molecular complexity index is 1110. The molecule has 32 heavy (non-hydrogen) atoms. The zero-order valence-electron chi connectivity index (χ0n) is 18.0. The maximum absolute atomic E-state index is 13.1. The van der Waals surface area contributed by atoms with Gasteiger partial charge in [-0.3, -0.25) is 0 Å². The molecule has 168 valence electrons. The second kappa shape index (κ2) is 8.94. The van der Waals surface area contributed by atoms with E-state index in [0.29, 0.717) is 5.75 Å². The molecule has 3 rings (SSSR count). The molecule has 0 unspecified atom stereocenters. The molecule has 9 heteroatoms. The summed E-state index contributed by atoms with van der Waals surface area (Å²) in [5, 5.41) is 7.64. The molecule has 0 amide bonds. The molecule has 0 fully saturated rings. The van der Waals surface area contributed by atoms with E-state index in [2.05, 4.69) is 36.0 Å². The van der Waals surface area contributed by atoms with Crippen molar-refractivity contribution in [2.24, 2.45) is 0 Å². The Morgan fingerprint density at radius 2 is 1.66 bits per heavy atom. The van der Waals surface area contributed by atoms with Crippen LogP contribution in [0.5, 0.6) is 11.6 Å². The van der Waals surface area contributed by atoms with Crippen LogP contribution in [0.1, 0.15) is 49.3 Å². The Morgan fingerprint density at radius 1 is 0.969 bits per heavy atom. The standard InChI is InChI=1S/C23H22F3N3O3/c1-5-31-21(30)18-20(32-17-11-9-15(10-12-17)22(2,3)4)27-19(29-28-18)14-7-6-8-16(13-14)23(24,25)26/h6-13H,5H2,1-4H3. The van der Waals surface area contributed by atoms with Crippen molar-refractivity contribution in [3.63, 3.8) is 0 Å². The Balaban J connectivity index is 2.02. The highest BCUT2D eigenvalue weighted by Crippen LogP contribution is 2.32. The smallest absolute Gasteiger partial charge is 0.416 e. The predicted molar refractivity (Wildman–Crippen MR) is 111 cm³/mol. The molecule has 0 atom stereocenters. The van der Waals surface area contributed by atoms with Gasteiger partial charge in [-0.1, -0.05) is 45.0 Å². The number of carbonyl (C=O) groups excluding carboxylic acids is 1. The average molecular weight is 445 g/mol. The number of esters is 1. The van der Waals surface area contributed by atoms with Crippen molar-refractivity contribution in [2.45, 2.75) is 39.3 Å². The first-order valence-corrected chi connectivity index (χ1v) is 9.87. The fourth-order valence-electron chi connectivity index (χ4n) is 2.80. The average Bonchev–Trinajstić information content (AvgIpc) is 2.73. The summed E-state index contributed by atoms with van der Waals surface area (Å²) in [5.41, 5.74) is -0.0470. The summed E-state index contributed by atoms with van der Waals surface area (Å²) in [6.07, 6.45) is -4.53. The van der Waals surface area contributed by atoms with Crippen molar-refractivity contribution in [1.29, 1.82) is 0 Å². The Morgan fingerprint density at radius 3 is 2.25 bits per heavy atom. The van der Waals surface area contributed by atoms with E-state index in [-0.39, 0.29) is 35.0 Å². The lowest BCUT2D eigenvalue weighted by atomic mass is 9.87. The third kappa shape index (κ3) is 5.40. The highest BCUT2D eigenvalue weighted by Gasteiger charge is 2.31. The largest absolute Gasteiger partial charge is 0.461 e. The van der Waals surface area contributed by atoms with Gasteiger partial charge in [0.15, 0.2) is 5.82 Å². The SMILES string of the molecule is CCOC(=O)c1nnc(-c2cccc(C(F)(F)F)c2)nc1Oc1ccc(C(C)(C)C)cc1. The maximum atomic E-state index is 13.1. The van der Waals surface area contributed by atoms with Crippen LogP contribution in [0.15, 0.2) is 48.5 Å². The number of nitrogens with zero attached hydrogens (tertiary/aromatic N) is 3. The van der Waals surface area contributed by atoms with Crippen molar-refractivity contribution >= 4 is 5.97 Å². The Labute approximate surface area is 183 Å². The molecule has 2 aromatic carbocycles. The molecule has 3 aromatic rings. The highest BCUT2D eigenvalue weighted by molar-refractivity contribution is 5.89. The third-order valence-corrected chi connectivity index (χ3v) is 4.51. The second-order valence-corrected chi connectivity index (χ2v) is 7.96. The lowest BCUT2D eigenvalue weighted by Crippen LogP contribution is -2.13. The van der Waals surface area contributed by atoms with Crippen molar-refractivity contribution < 1.29 is 27.4 Å². The molecular formula is C23H22F3N3O3. The number of ether oxygens (including phenoxy) is 2. The molecule has 1 aromatic heterocycles. The van der Waals surface area contributed by atoms with Gasteiger partial charge in [0.2, 0.25) is 5.69 Å². The number of rotatable bonds is 5. The number of alkyl halides is 3. The van der Waals surface area contributed by atoms with Gasteiger partial charge in [-0.15, -0.1) is 10.2 Å². The molecule has 6 nitrogen and oxygen atoms in total. The third-order valence-electron chi connectivity index (χ3n) is 4.51. The van der Waals surface area contributed by atoms with Crippen LogP contribution in [0, 0.1) is 0 Å². The molecule has 1 heterocycles. The van der Waals surface area contributed by atoms with Crippen LogP contribution in [0.25, 0.3) is 11.4 Å². The molecule has 0 radical (unpaired) electrons.